The molecule has 0 radical (unpaired) electrons. The summed E-state index contributed by atoms with van der Waals surface area (Å²) in [5, 5.41) is 15.2. The fourth-order valence-corrected chi connectivity index (χ4v) is 3.67. The summed E-state index contributed by atoms with van der Waals surface area (Å²) in [6, 6.07) is 0. The van der Waals surface area contributed by atoms with Gasteiger partial charge in [-0.2, -0.15) is 5.10 Å². The monoisotopic (exact) mass is 279 g/mol. The molecule has 1 aromatic heterocycles. The van der Waals surface area contributed by atoms with Crippen molar-refractivity contribution in [3.63, 3.8) is 0 Å². The molecule has 1 aliphatic carbocycles. The summed E-state index contributed by atoms with van der Waals surface area (Å²) >= 11 is 0. The van der Waals surface area contributed by atoms with Gasteiger partial charge < -0.3 is 10.0 Å². The second-order valence-electron chi connectivity index (χ2n) is 6.62. The fraction of sp³-hybridized carbons (Fsp3) is 0.812. The standard InChI is InChI=1S/C16H29N3O/c1-5-19-12-14(11-17-19)9-15(20)16(18(3)4)8-6-7-13(2)10-16/h11-13,15,20H,5-10H2,1-4H3. The molecule has 4 nitrogen and oxygen atoms in total. The number of likely N-dealkylation sites (N-methyl/N-ethyl adjacent to an activating group) is 1. The third-order valence-electron chi connectivity index (χ3n) is 4.96. The van der Waals surface area contributed by atoms with Crippen molar-refractivity contribution in [1.29, 1.82) is 0 Å². The lowest BCUT2D eigenvalue weighted by Crippen LogP contribution is -2.56. The van der Waals surface area contributed by atoms with Crippen LogP contribution in [0.25, 0.3) is 0 Å². The average Bonchev–Trinajstić information content (AvgIpc) is 2.86. The van der Waals surface area contributed by atoms with E-state index in [1.807, 2.05) is 10.9 Å². The molecule has 1 N–H and O–H groups in total. The lowest BCUT2D eigenvalue weighted by Gasteiger charge is -2.48. The molecule has 114 valence electrons. The van der Waals surface area contributed by atoms with Gasteiger partial charge in [0.2, 0.25) is 0 Å². The topological polar surface area (TPSA) is 41.3 Å². The van der Waals surface area contributed by atoms with Crippen LogP contribution in [0.3, 0.4) is 0 Å². The molecule has 0 aliphatic heterocycles. The Labute approximate surface area is 122 Å². The van der Waals surface area contributed by atoms with E-state index in [4.69, 9.17) is 0 Å². The molecule has 0 spiro atoms. The van der Waals surface area contributed by atoms with Crippen LogP contribution in [0.2, 0.25) is 0 Å². The molecule has 4 heteroatoms. The zero-order chi connectivity index (χ0) is 14.8. The van der Waals surface area contributed by atoms with Gasteiger partial charge in [0, 0.05) is 24.7 Å². The molecule has 3 unspecified atom stereocenters. The van der Waals surface area contributed by atoms with E-state index in [-0.39, 0.29) is 11.6 Å². The Morgan fingerprint density at radius 3 is 2.85 bits per heavy atom. The molecule has 0 bridgehead atoms. The van der Waals surface area contributed by atoms with Gasteiger partial charge in [-0.1, -0.05) is 19.8 Å². The van der Waals surface area contributed by atoms with Crippen molar-refractivity contribution in [3.05, 3.63) is 18.0 Å². The van der Waals surface area contributed by atoms with Crippen LogP contribution in [0.1, 0.15) is 45.1 Å². The first kappa shape index (κ1) is 15.5. The molecule has 0 aromatic carbocycles. The fourth-order valence-electron chi connectivity index (χ4n) is 3.67. The van der Waals surface area contributed by atoms with Crippen LogP contribution in [-0.2, 0) is 13.0 Å². The van der Waals surface area contributed by atoms with E-state index in [1.54, 1.807) is 0 Å². The number of aromatic nitrogens is 2. The second-order valence-corrected chi connectivity index (χ2v) is 6.62. The van der Waals surface area contributed by atoms with Gasteiger partial charge in [0.1, 0.15) is 0 Å². The van der Waals surface area contributed by atoms with E-state index in [9.17, 15) is 5.11 Å². The molecule has 1 aromatic rings. The minimum atomic E-state index is -0.324. The number of hydrogen-bond acceptors (Lipinski definition) is 3. The number of rotatable bonds is 5. The zero-order valence-electron chi connectivity index (χ0n) is 13.3. The van der Waals surface area contributed by atoms with E-state index in [0.29, 0.717) is 12.3 Å². The quantitative estimate of drug-likeness (QED) is 0.899. The summed E-state index contributed by atoms with van der Waals surface area (Å²) < 4.78 is 1.92. The Hall–Kier alpha value is -0.870. The molecular formula is C16H29N3O. The molecular weight excluding hydrogens is 250 g/mol. The predicted molar refractivity (Wildman–Crippen MR) is 81.7 cm³/mol. The maximum atomic E-state index is 10.9. The largest absolute Gasteiger partial charge is 0.391 e. The maximum absolute atomic E-state index is 10.9. The summed E-state index contributed by atoms with van der Waals surface area (Å²) in [4.78, 5) is 2.25. The molecule has 0 amide bonds. The van der Waals surface area contributed by atoms with E-state index in [0.717, 1.165) is 24.9 Å². The van der Waals surface area contributed by atoms with Gasteiger partial charge in [0.25, 0.3) is 0 Å². The second kappa shape index (κ2) is 6.27. The minimum absolute atomic E-state index is 0.0774. The van der Waals surface area contributed by atoms with E-state index < -0.39 is 0 Å². The Kier molecular flexibility index (Phi) is 4.86. The lowest BCUT2D eigenvalue weighted by atomic mass is 9.71. The van der Waals surface area contributed by atoms with Crippen LogP contribution < -0.4 is 0 Å². The van der Waals surface area contributed by atoms with Gasteiger partial charge in [0.05, 0.1) is 12.3 Å². The number of hydrogen-bond donors (Lipinski definition) is 1. The Morgan fingerprint density at radius 2 is 2.30 bits per heavy atom. The van der Waals surface area contributed by atoms with Crippen molar-refractivity contribution in [2.45, 2.75) is 64.1 Å². The number of aliphatic hydroxyl groups excluding tert-OH is 1. The normalized spacial score (nSPS) is 28.8. The van der Waals surface area contributed by atoms with Crippen molar-refractivity contribution < 1.29 is 5.11 Å². The highest BCUT2D eigenvalue weighted by Gasteiger charge is 2.42. The first-order valence-corrected chi connectivity index (χ1v) is 7.84. The third-order valence-corrected chi connectivity index (χ3v) is 4.96. The summed E-state index contributed by atoms with van der Waals surface area (Å²) in [7, 11) is 4.22. The Morgan fingerprint density at radius 1 is 1.55 bits per heavy atom. The van der Waals surface area contributed by atoms with E-state index in [2.05, 4.69) is 44.1 Å². The summed E-state index contributed by atoms with van der Waals surface area (Å²) in [5.74, 6) is 0.694. The van der Waals surface area contributed by atoms with Gasteiger partial charge >= 0.3 is 0 Å². The van der Waals surface area contributed by atoms with Crippen LogP contribution in [-0.4, -0.2) is 45.5 Å². The van der Waals surface area contributed by atoms with Crippen molar-refractivity contribution in [1.82, 2.24) is 14.7 Å². The summed E-state index contributed by atoms with van der Waals surface area (Å²) in [6.45, 7) is 5.27. The molecule has 2 rings (SSSR count). The smallest absolute Gasteiger partial charge is 0.0765 e. The number of nitrogens with zero attached hydrogens (tertiary/aromatic N) is 3. The van der Waals surface area contributed by atoms with E-state index >= 15 is 0 Å². The SMILES string of the molecule is CCn1cc(CC(O)C2(N(C)C)CCCC(C)C2)cn1. The first-order chi connectivity index (χ1) is 9.48. The van der Waals surface area contributed by atoms with Gasteiger partial charge in [-0.3, -0.25) is 4.68 Å². The predicted octanol–water partition coefficient (Wildman–Crippen LogP) is 2.32. The van der Waals surface area contributed by atoms with Crippen LogP contribution in [0.4, 0.5) is 0 Å². The van der Waals surface area contributed by atoms with Crippen LogP contribution >= 0.6 is 0 Å². The third kappa shape index (κ3) is 3.07. The summed E-state index contributed by atoms with van der Waals surface area (Å²) in [6.07, 6.45) is 9.00. The zero-order valence-corrected chi connectivity index (χ0v) is 13.3. The minimum Gasteiger partial charge on any atom is -0.391 e. The molecule has 3 atom stereocenters. The Balaban J connectivity index is 2.12. The highest BCUT2D eigenvalue weighted by molar-refractivity contribution is 5.10. The lowest BCUT2D eigenvalue weighted by molar-refractivity contribution is -0.0424. The molecule has 0 saturated heterocycles. The van der Waals surface area contributed by atoms with Gasteiger partial charge in [-0.25, -0.2) is 0 Å². The van der Waals surface area contributed by atoms with Crippen LogP contribution in [0, 0.1) is 5.92 Å². The average molecular weight is 279 g/mol. The Bertz CT molecular complexity index is 429. The van der Waals surface area contributed by atoms with Crippen molar-refractivity contribution in [2.75, 3.05) is 14.1 Å². The van der Waals surface area contributed by atoms with Gasteiger partial charge in [-0.15, -0.1) is 0 Å². The van der Waals surface area contributed by atoms with E-state index in [1.165, 1.54) is 12.8 Å². The van der Waals surface area contributed by atoms with Crippen molar-refractivity contribution in [2.24, 2.45) is 5.92 Å². The van der Waals surface area contributed by atoms with Crippen molar-refractivity contribution >= 4 is 0 Å². The number of aliphatic hydroxyl groups is 1. The molecule has 20 heavy (non-hydrogen) atoms. The summed E-state index contributed by atoms with van der Waals surface area (Å²) in [5.41, 5.74) is 1.06. The first-order valence-electron chi connectivity index (χ1n) is 7.84. The highest BCUT2D eigenvalue weighted by atomic mass is 16.3. The highest BCUT2D eigenvalue weighted by Crippen LogP contribution is 2.39. The van der Waals surface area contributed by atoms with Crippen LogP contribution in [0.15, 0.2) is 12.4 Å². The van der Waals surface area contributed by atoms with Gasteiger partial charge in [0.15, 0.2) is 0 Å². The molecule has 1 fully saturated rings. The van der Waals surface area contributed by atoms with Gasteiger partial charge in [-0.05, 0) is 45.3 Å². The molecule has 1 heterocycles. The maximum Gasteiger partial charge on any atom is 0.0765 e. The molecule has 1 saturated carbocycles. The molecule has 1 aliphatic rings. The van der Waals surface area contributed by atoms with Crippen LogP contribution in [0.5, 0.6) is 0 Å². The number of aryl methyl sites for hydroxylation is 1. The van der Waals surface area contributed by atoms with Crippen molar-refractivity contribution in [3.8, 4) is 0 Å².